The first kappa shape index (κ1) is 9.32. The van der Waals surface area contributed by atoms with E-state index in [0.717, 1.165) is 0 Å². The summed E-state index contributed by atoms with van der Waals surface area (Å²) in [6, 6.07) is 2.53. The van der Waals surface area contributed by atoms with Gasteiger partial charge in [-0.3, -0.25) is 4.98 Å². The number of halogens is 2. The van der Waals surface area contributed by atoms with Gasteiger partial charge in [-0.05, 0) is 16.8 Å². The van der Waals surface area contributed by atoms with Gasteiger partial charge in [0, 0.05) is 20.4 Å². The van der Waals surface area contributed by atoms with Gasteiger partial charge in [-0.2, -0.15) is 0 Å². The summed E-state index contributed by atoms with van der Waals surface area (Å²) in [5, 5.41) is 0.388. The van der Waals surface area contributed by atoms with Crippen LogP contribution in [0.1, 0.15) is 0 Å². The Labute approximate surface area is 76.3 Å². The van der Waals surface area contributed by atoms with E-state index >= 15 is 0 Å². The summed E-state index contributed by atoms with van der Waals surface area (Å²) in [4.78, 5) is 7.09. The molecule has 0 N–H and O–H groups in total. The van der Waals surface area contributed by atoms with Crippen LogP contribution in [0.2, 0.25) is 10.4 Å². The summed E-state index contributed by atoms with van der Waals surface area (Å²) in [7, 11) is 0. The molecule has 5 heteroatoms. The van der Waals surface area contributed by atoms with Crippen LogP contribution in [0, 0.1) is 6.07 Å². The van der Waals surface area contributed by atoms with E-state index in [1.54, 1.807) is 0 Å². The first-order chi connectivity index (χ1) is 3.79. The van der Waals surface area contributed by atoms with Crippen LogP contribution in [0.3, 0.4) is 0 Å². The van der Waals surface area contributed by atoms with Crippen molar-refractivity contribution >= 4 is 23.2 Å². The second kappa shape index (κ2) is 4.19. The fourth-order valence-corrected chi connectivity index (χ4v) is 0.586. The third kappa shape index (κ3) is 3.12. The summed E-state index contributed by atoms with van der Waals surface area (Å²) in [6.07, 6.45) is 1.37. The van der Waals surface area contributed by atoms with Gasteiger partial charge in [0.05, 0.1) is 0 Å². The Morgan fingerprint density at radius 3 is 2.44 bits per heavy atom. The van der Waals surface area contributed by atoms with E-state index in [-0.39, 0.29) is 30.9 Å². The zero-order valence-electron chi connectivity index (χ0n) is 4.11. The standard InChI is InChI=1S/C4HCl2N2.Re/c5-3-1-2-7-4(6)8-3;/h2H;/q-1;. The molecule has 0 amide bonds. The Kier molecular flexibility index (Phi) is 4.34. The van der Waals surface area contributed by atoms with Crippen molar-refractivity contribution in [2.24, 2.45) is 0 Å². The van der Waals surface area contributed by atoms with E-state index in [0.29, 0.717) is 0 Å². The van der Waals surface area contributed by atoms with Gasteiger partial charge in [0.15, 0.2) is 0 Å². The van der Waals surface area contributed by atoms with Crippen molar-refractivity contribution in [1.29, 1.82) is 0 Å². The van der Waals surface area contributed by atoms with Crippen LogP contribution in [0.5, 0.6) is 0 Å². The maximum Gasteiger partial charge on any atom is 0.218 e. The van der Waals surface area contributed by atoms with Gasteiger partial charge >= 0.3 is 0 Å². The number of nitrogens with zero attached hydrogens (tertiary/aromatic N) is 2. The summed E-state index contributed by atoms with van der Waals surface area (Å²) in [5.74, 6) is 0. The molecular formula is C4HCl2N2Re-. The Bertz CT molecular complexity index is 176. The maximum absolute atomic E-state index is 5.35. The molecule has 0 aliphatic heterocycles. The Morgan fingerprint density at radius 1 is 1.44 bits per heavy atom. The Morgan fingerprint density at radius 2 is 2.11 bits per heavy atom. The molecule has 1 radical (unpaired) electrons. The Balaban J connectivity index is 0.000000640. The van der Waals surface area contributed by atoms with Crippen molar-refractivity contribution in [2.75, 3.05) is 0 Å². The molecule has 0 atom stereocenters. The van der Waals surface area contributed by atoms with E-state index in [9.17, 15) is 0 Å². The second-order valence-corrected chi connectivity index (χ2v) is 1.77. The molecule has 9 heavy (non-hydrogen) atoms. The summed E-state index contributed by atoms with van der Waals surface area (Å²) in [6.45, 7) is 0. The molecular weight excluding hydrogens is 333 g/mol. The van der Waals surface area contributed by atoms with Crippen molar-refractivity contribution in [3.8, 4) is 0 Å². The topological polar surface area (TPSA) is 25.8 Å². The third-order valence-electron chi connectivity index (χ3n) is 0.545. The summed E-state index contributed by atoms with van der Waals surface area (Å²) >= 11 is 10.7. The van der Waals surface area contributed by atoms with Crippen LogP contribution >= 0.6 is 23.2 Å². The maximum atomic E-state index is 5.35. The SMILES string of the molecule is Clc1[c-]cnc(Cl)n1.[Re]. The number of hydrogen-bond donors (Lipinski definition) is 0. The number of aromatic nitrogens is 2. The van der Waals surface area contributed by atoms with Crippen molar-refractivity contribution in [1.82, 2.24) is 9.97 Å². The van der Waals surface area contributed by atoms with Gasteiger partial charge in [-0.15, -0.1) is 17.8 Å². The molecule has 49 valence electrons. The number of hydrogen-bond acceptors (Lipinski definition) is 2. The molecule has 0 spiro atoms. The second-order valence-electron chi connectivity index (χ2n) is 1.07. The van der Waals surface area contributed by atoms with Gasteiger partial charge < -0.3 is 6.07 Å². The van der Waals surface area contributed by atoms with E-state index in [1.807, 2.05) is 0 Å². The van der Waals surface area contributed by atoms with E-state index in [4.69, 9.17) is 23.2 Å². The van der Waals surface area contributed by atoms with Crippen LogP contribution in [-0.2, 0) is 20.4 Å². The molecule has 0 saturated heterocycles. The largest absolute Gasteiger partial charge is 0.413 e. The summed E-state index contributed by atoms with van der Waals surface area (Å²) in [5.41, 5.74) is 0. The minimum atomic E-state index is 0. The van der Waals surface area contributed by atoms with Crippen LogP contribution in [0.15, 0.2) is 6.20 Å². The molecule has 0 bridgehead atoms. The molecule has 0 saturated carbocycles. The van der Waals surface area contributed by atoms with E-state index in [2.05, 4.69) is 16.0 Å². The van der Waals surface area contributed by atoms with Crippen molar-refractivity contribution in [2.45, 2.75) is 0 Å². The first-order valence-corrected chi connectivity index (χ1v) is 2.60. The Hall–Kier alpha value is 0.322. The molecule has 0 aliphatic rings. The quantitative estimate of drug-likeness (QED) is 0.409. The first-order valence-electron chi connectivity index (χ1n) is 1.85. The van der Waals surface area contributed by atoms with Crippen LogP contribution in [0.4, 0.5) is 0 Å². The molecule has 0 aromatic carbocycles. The predicted molar refractivity (Wildman–Crippen MR) is 30.9 cm³/mol. The van der Waals surface area contributed by atoms with Crippen molar-refractivity contribution < 1.29 is 20.4 Å². The minimum absolute atomic E-state index is 0. The fraction of sp³-hybridized carbons (Fsp3) is 0. The van der Waals surface area contributed by atoms with E-state index < -0.39 is 0 Å². The van der Waals surface area contributed by atoms with Crippen molar-refractivity contribution in [3.05, 3.63) is 22.7 Å². The smallest absolute Gasteiger partial charge is 0.218 e. The molecule has 0 unspecified atom stereocenters. The van der Waals surface area contributed by atoms with Crippen LogP contribution in [0.25, 0.3) is 0 Å². The molecule has 1 heterocycles. The molecule has 2 nitrogen and oxygen atoms in total. The molecule has 1 aromatic rings. The minimum Gasteiger partial charge on any atom is -0.413 e. The van der Waals surface area contributed by atoms with Crippen LogP contribution in [-0.4, -0.2) is 9.97 Å². The molecule has 1 rings (SSSR count). The normalized spacial score (nSPS) is 8.22. The summed E-state index contributed by atoms with van der Waals surface area (Å²) < 4.78 is 0. The average Bonchev–Trinajstić information content (AvgIpc) is 1.64. The zero-order chi connectivity index (χ0) is 5.98. The average molecular weight is 334 g/mol. The molecule has 1 aromatic heterocycles. The molecule has 0 fully saturated rings. The zero-order valence-corrected chi connectivity index (χ0v) is 8.33. The van der Waals surface area contributed by atoms with Gasteiger partial charge in [0.25, 0.3) is 0 Å². The van der Waals surface area contributed by atoms with E-state index in [1.165, 1.54) is 6.20 Å². The van der Waals surface area contributed by atoms with Gasteiger partial charge in [0.1, 0.15) is 0 Å². The fourth-order valence-electron chi connectivity index (χ4n) is 0.281. The van der Waals surface area contributed by atoms with Gasteiger partial charge in [0.2, 0.25) is 5.28 Å². The van der Waals surface area contributed by atoms with Gasteiger partial charge in [-0.1, -0.05) is 0 Å². The predicted octanol–water partition coefficient (Wildman–Crippen LogP) is 1.58. The van der Waals surface area contributed by atoms with Crippen LogP contribution < -0.4 is 0 Å². The monoisotopic (exact) mass is 334 g/mol. The van der Waals surface area contributed by atoms with Crippen molar-refractivity contribution in [3.63, 3.8) is 0 Å². The van der Waals surface area contributed by atoms with Gasteiger partial charge in [-0.25, -0.2) is 4.98 Å². The third-order valence-corrected chi connectivity index (χ3v) is 0.921. The molecule has 0 aliphatic carbocycles. The number of rotatable bonds is 0.